The van der Waals surface area contributed by atoms with Crippen molar-refractivity contribution >= 4 is 5.57 Å². The molecule has 0 aliphatic rings. The van der Waals surface area contributed by atoms with Crippen molar-refractivity contribution in [3.05, 3.63) is 41.0 Å². The molecule has 1 N–H and O–H groups in total. The van der Waals surface area contributed by atoms with Gasteiger partial charge in [-0.2, -0.15) is 0 Å². The van der Waals surface area contributed by atoms with Gasteiger partial charge in [0.05, 0.1) is 0 Å². The van der Waals surface area contributed by atoms with E-state index in [9.17, 15) is 0 Å². The van der Waals surface area contributed by atoms with E-state index in [2.05, 4.69) is 85.0 Å². The number of hydrogen-bond acceptors (Lipinski definition) is 1. The van der Waals surface area contributed by atoms with E-state index < -0.39 is 0 Å². The van der Waals surface area contributed by atoms with Gasteiger partial charge in [-0.25, -0.2) is 0 Å². The van der Waals surface area contributed by atoms with Crippen LogP contribution in [0.5, 0.6) is 0 Å². The van der Waals surface area contributed by atoms with Crippen LogP contribution in [0.3, 0.4) is 0 Å². The normalized spacial score (nSPS) is 14.0. The topological polar surface area (TPSA) is 12.0 Å². The average Bonchev–Trinajstić information content (AvgIpc) is 2.64. The van der Waals surface area contributed by atoms with Gasteiger partial charge in [0.15, 0.2) is 0 Å². The predicted molar refractivity (Wildman–Crippen MR) is 128 cm³/mol. The summed E-state index contributed by atoms with van der Waals surface area (Å²) in [5, 5.41) is 3.80. The first-order valence-electron chi connectivity index (χ1n) is 11.8. The summed E-state index contributed by atoms with van der Waals surface area (Å²) in [6.07, 6.45) is 11.3. The van der Waals surface area contributed by atoms with E-state index in [1.54, 1.807) is 0 Å². The van der Waals surface area contributed by atoms with Crippen LogP contribution in [-0.4, -0.2) is 12.6 Å². The van der Waals surface area contributed by atoms with Gasteiger partial charge < -0.3 is 5.32 Å². The Bertz CT molecular complexity index is 585. The van der Waals surface area contributed by atoms with E-state index in [1.165, 1.54) is 67.2 Å². The third-order valence-corrected chi connectivity index (χ3v) is 6.07. The van der Waals surface area contributed by atoms with Crippen LogP contribution in [0.15, 0.2) is 24.3 Å². The maximum Gasteiger partial charge on any atom is 0.0143 e. The zero-order chi connectivity index (χ0) is 21.2. The molecular formula is C27H47N. The van der Waals surface area contributed by atoms with Gasteiger partial charge in [0, 0.05) is 12.6 Å². The van der Waals surface area contributed by atoms with Crippen molar-refractivity contribution in [3.63, 3.8) is 0 Å². The number of hydrogen-bond donors (Lipinski definition) is 1. The second-order valence-electron chi connectivity index (χ2n) is 9.74. The van der Waals surface area contributed by atoms with Crippen molar-refractivity contribution in [2.24, 2.45) is 5.92 Å². The fourth-order valence-corrected chi connectivity index (χ4v) is 3.84. The second kappa shape index (κ2) is 12.5. The van der Waals surface area contributed by atoms with Crippen LogP contribution >= 0.6 is 0 Å². The molecule has 0 spiro atoms. The van der Waals surface area contributed by atoms with Crippen LogP contribution in [0, 0.1) is 12.8 Å². The van der Waals surface area contributed by atoms with Crippen LogP contribution in [0.4, 0.5) is 0 Å². The molecule has 1 aromatic rings. The highest BCUT2D eigenvalue weighted by molar-refractivity contribution is 5.69. The van der Waals surface area contributed by atoms with Gasteiger partial charge in [0.25, 0.3) is 0 Å². The number of nitrogens with one attached hydrogen (secondary N) is 1. The van der Waals surface area contributed by atoms with Gasteiger partial charge in [-0.1, -0.05) is 92.0 Å². The zero-order valence-electron chi connectivity index (χ0n) is 20.1. The summed E-state index contributed by atoms with van der Waals surface area (Å²) in [5.74, 6) is 0.790. The lowest BCUT2D eigenvalue weighted by Crippen LogP contribution is -2.29. The van der Waals surface area contributed by atoms with Crippen LogP contribution in [0.1, 0.15) is 110 Å². The van der Waals surface area contributed by atoms with Gasteiger partial charge in [0.1, 0.15) is 0 Å². The Morgan fingerprint density at radius 2 is 1.68 bits per heavy atom. The van der Waals surface area contributed by atoms with Crippen molar-refractivity contribution in [1.29, 1.82) is 0 Å². The van der Waals surface area contributed by atoms with E-state index in [0.29, 0.717) is 6.04 Å². The molecule has 1 atom stereocenters. The van der Waals surface area contributed by atoms with Crippen molar-refractivity contribution in [2.75, 3.05) is 6.54 Å². The van der Waals surface area contributed by atoms with Gasteiger partial charge >= 0.3 is 0 Å². The molecule has 1 unspecified atom stereocenters. The molecule has 28 heavy (non-hydrogen) atoms. The van der Waals surface area contributed by atoms with Crippen molar-refractivity contribution in [3.8, 4) is 0 Å². The predicted octanol–water partition coefficient (Wildman–Crippen LogP) is 8.06. The molecule has 1 aromatic carbocycles. The number of allylic oxidation sites excluding steroid dienone is 1. The van der Waals surface area contributed by atoms with Crippen LogP contribution < -0.4 is 5.32 Å². The molecule has 0 aliphatic carbocycles. The number of rotatable bonds is 12. The van der Waals surface area contributed by atoms with E-state index in [-0.39, 0.29) is 5.41 Å². The van der Waals surface area contributed by atoms with E-state index in [1.807, 2.05) is 0 Å². The fourth-order valence-electron chi connectivity index (χ4n) is 3.84. The largest absolute Gasteiger partial charge is 0.311 e. The lowest BCUT2D eigenvalue weighted by molar-refractivity contribution is 0.463. The summed E-state index contributed by atoms with van der Waals surface area (Å²) in [6.45, 7) is 19.4. The maximum absolute atomic E-state index is 3.80. The molecule has 0 amide bonds. The molecule has 1 heteroatoms. The Balaban J connectivity index is 3.01. The van der Waals surface area contributed by atoms with Crippen molar-refractivity contribution in [2.45, 2.75) is 112 Å². The molecular weight excluding hydrogens is 338 g/mol. The highest BCUT2D eigenvalue weighted by Crippen LogP contribution is 2.30. The minimum Gasteiger partial charge on any atom is -0.311 e. The summed E-state index contributed by atoms with van der Waals surface area (Å²) in [5.41, 5.74) is 6.03. The number of benzene rings is 1. The molecule has 0 saturated heterocycles. The molecule has 0 heterocycles. The Hall–Kier alpha value is -1.08. The third kappa shape index (κ3) is 8.52. The van der Waals surface area contributed by atoms with E-state index >= 15 is 0 Å². The summed E-state index contributed by atoms with van der Waals surface area (Å²) >= 11 is 0. The van der Waals surface area contributed by atoms with Gasteiger partial charge in [-0.3, -0.25) is 0 Å². The Morgan fingerprint density at radius 3 is 2.18 bits per heavy atom. The standard InChI is InChI=1S/C27H47N/c1-9-12-25(13-10-2)28-19-18-23(15-14-21(4)11-3)26-17-16-24(20-22(26)5)27(6,7)8/h16-18,20-21,25,28H,9-15,19H2,1-8H3/b23-18+. The highest BCUT2D eigenvalue weighted by Gasteiger charge is 2.16. The van der Waals surface area contributed by atoms with E-state index in [0.717, 1.165) is 12.5 Å². The lowest BCUT2D eigenvalue weighted by Gasteiger charge is -2.22. The van der Waals surface area contributed by atoms with Crippen LogP contribution in [0.2, 0.25) is 0 Å². The molecule has 1 rings (SSSR count). The minimum atomic E-state index is 0.207. The molecule has 0 bridgehead atoms. The smallest absolute Gasteiger partial charge is 0.0143 e. The molecule has 0 saturated carbocycles. The molecule has 0 aliphatic heterocycles. The molecule has 1 nitrogen and oxygen atoms in total. The fraction of sp³-hybridized carbons (Fsp3) is 0.704. The molecule has 0 aromatic heterocycles. The van der Waals surface area contributed by atoms with Gasteiger partial charge in [-0.15, -0.1) is 0 Å². The van der Waals surface area contributed by atoms with Crippen molar-refractivity contribution in [1.82, 2.24) is 5.32 Å². The van der Waals surface area contributed by atoms with Gasteiger partial charge in [0.2, 0.25) is 0 Å². The Kier molecular flexibility index (Phi) is 11.1. The minimum absolute atomic E-state index is 0.207. The first-order chi connectivity index (χ1) is 13.2. The van der Waals surface area contributed by atoms with Crippen molar-refractivity contribution < 1.29 is 0 Å². The SMILES string of the molecule is CCCC(CCC)NC/C=C(\CCC(C)CC)c1ccc(C(C)(C)C)cc1C. The third-order valence-electron chi connectivity index (χ3n) is 6.07. The maximum atomic E-state index is 3.80. The highest BCUT2D eigenvalue weighted by atomic mass is 14.9. The quantitative estimate of drug-likeness (QED) is 0.383. The Labute approximate surface area is 176 Å². The first kappa shape index (κ1) is 25.0. The average molecular weight is 386 g/mol. The summed E-state index contributed by atoms with van der Waals surface area (Å²) in [6, 6.07) is 7.76. The van der Waals surface area contributed by atoms with Gasteiger partial charge in [-0.05, 0) is 66.2 Å². The molecule has 160 valence electrons. The summed E-state index contributed by atoms with van der Waals surface area (Å²) in [7, 11) is 0. The first-order valence-corrected chi connectivity index (χ1v) is 11.8. The van der Waals surface area contributed by atoms with E-state index in [4.69, 9.17) is 0 Å². The van der Waals surface area contributed by atoms with Crippen LogP contribution in [-0.2, 0) is 5.41 Å². The molecule has 0 radical (unpaired) electrons. The monoisotopic (exact) mass is 385 g/mol. The number of aryl methyl sites for hydroxylation is 1. The second-order valence-corrected chi connectivity index (χ2v) is 9.74. The lowest BCUT2D eigenvalue weighted by atomic mass is 9.84. The molecule has 0 fully saturated rings. The summed E-state index contributed by atoms with van der Waals surface area (Å²) in [4.78, 5) is 0. The zero-order valence-corrected chi connectivity index (χ0v) is 20.1. The Morgan fingerprint density at radius 1 is 1.04 bits per heavy atom. The summed E-state index contributed by atoms with van der Waals surface area (Å²) < 4.78 is 0. The van der Waals surface area contributed by atoms with Crippen LogP contribution in [0.25, 0.3) is 5.57 Å².